The number of ether oxygens (including phenoxy) is 1. The van der Waals surface area contributed by atoms with Gasteiger partial charge in [-0.15, -0.1) is 0 Å². The summed E-state index contributed by atoms with van der Waals surface area (Å²) in [5.41, 5.74) is 0. The Balaban J connectivity index is 1.25. The Hall–Kier alpha value is -1.77. The maximum absolute atomic E-state index is 6.32. The highest BCUT2D eigenvalue weighted by molar-refractivity contribution is 6.31. The second-order valence-corrected chi connectivity index (χ2v) is 8.75. The lowest BCUT2D eigenvalue weighted by atomic mass is 10.0. The molecule has 0 amide bonds. The SMILES string of the molecule is Clc1ccc2c(OCCCCCCCCN3CCCC3)c3ccccc3cc2c1. The van der Waals surface area contributed by atoms with E-state index >= 15 is 0 Å². The number of hydrogen-bond donors (Lipinski definition) is 0. The molecule has 2 nitrogen and oxygen atoms in total. The lowest BCUT2D eigenvalue weighted by Crippen LogP contribution is -2.20. The molecule has 0 saturated carbocycles. The van der Waals surface area contributed by atoms with Gasteiger partial charge in [-0.1, -0.05) is 61.5 Å². The fourth-order valence-corrected chi connectivity index (χ4v) is 4.66. The number of unbranched alkanes of at least 4 members (excludes halogenated alkanes) is 5. The van der Waals surface area contributed by atoms with E-state index in [2.05, 4.69) is 41.3 Å². The van der Waals surface area contributed by atoms with Crippen LogP contribution in [0.3, 0.4) is 0 Å². The van der Waals surface area contributed by atoms with Gasteiger partial charge in [0.25, 0.3) is 0 Å². The lowest BCUT2D eigenvalue weighted by molar-refractivity contribution is 0.308. The molecule has 0 aromatic heterocycles. The minimum atomic E-state index is 0.767. The van der Waals surface area contributed by atoms with E-state index in [1.165, 1.54) is 75.4 Å². The van der Waals surface area contributed by atoms with Crippen molar-refractivity contribution in [3.63, 3.8) is 0 Å². The molecule has 0 unspecified atom stereocenters. The van der Waals surface area contributed by atoms with E-state index in [4.69, 9.17) is 16.3 Å². The van der Waals surface area contributed by atoms with Gasteiger partial charge in [-0.3, -0.25) is 0 Å². The molecule has 0 spiro atoms. The Kier molecular flexibility index (Phi) is 7.29. The Labute approximate surface area is 179 Å². The molecule has 1 saturated heterocycles. The first-order chi connectivity index (χ1) is 14.3. The number of benzene rings is 3. The monoisotopic (exact) mass is 409 g/mol. The molecule has 0 radical (unpaired) electrons. The van der Waals surface area contributed by atoms with Gasteiger partial charge in [0.2, 0.25) is 0 Å². The maximum atomic E-state index is 6.32. The van der Waals surface area contributed by atoms with Crippen LogP contribution >= 0.6 is 11.6 Å². The highest BCUT2D eigenvalue weighted by Crippen LogP contribution is 2.36. The standard InChI is InChI=1S/C26H32ClNO/c27-23-13-14-25-22(20-23)19-21-11-5-6-12-24(21)26(25)29-18-10-4-2-1-3-7-15-28-16-8-9-17-28/h5-6,11-14,19-20H,1-4,7-10,15-18H2. The zero-order valence-corrected chi connectivity index (χ0v) is 18.1. The predicted molar refractivity (Wildman–Crippen MR) is 125 cm³/mol. The van der Waals surface area contributed by atoms with Crippen LogP contribution in [0.4, 0.5) is 0 Å². The number of nitrogens with zero attached hydrogens (tertiary/aromatic N) is 1. The average Bonchev–Trinajstić information content (AvgIpc) is 3.25. The van der Waals surface area contributed by atoms with Crippen LogP contribution in [-0.2, 0) is 0 Å². The van der Waals surface area contributed by atoms with Crippen LogP contribution in [0.15, 0.2) is 48.5 Å². The summed E-state index contributed by atoms with van der Waals surface area (Å²) >= 11 is 6.21. The molecule has 1 aliphatic heterocycles. The summed E-state index contributed by atoms with van der Waals surface area (Å²) in [6.07, 6.45) is 10.6. The van der Waals surface area contributed by atoms with Gasteiger partial charge in [0, 0.05) is 15.8 Å². The fourth-order valence-electron chi connectivity index (χ4n) is 4.48. The minimum absolute atomic E-state index is 0.767. The molecular weight excluding hydrogens is 378 g/mol. The molecule has 3 aromatic carbocycles. The van der Waals surface area contributed by atoms with Gasteiger partial charge in [-0.05, 0) is 80.4 Å². The smallest absolute Gasteiger partial charge is 0.134 e. The van der Waals surface area contributed by atoms with E-state index in [1.54, 1.807) is 0 Å². The van der Waals surface area contributed by atoms with Gasteiger partial charge in [-0.25, -0.2) is 0 Å². The van der Waals surface area contributed by atoms with E-state index in [9.17, 15) is 0 Å². The molecule has 0 atom stereocenters. The molecule has 0 N–H and O–H groups in total. The van der Waals surface area contributed by atoms with Crippen molar-refractivity contribution in [2.45, 2.75) is 51.4 Å². The number of hydrogen-bond acceptors (Lipinski definition) is 2. The molecule has 0 bridgehead atoms. The van der Waals surface area contributed by atoms with Crippen LogP contribution < -0.4 is 4.74 Å². The molecule has 1 aliphatic rings. The summed E-state index contributed by atoms with van der Waals surface area (Å²) in [4.78, 5) is 2.62. The number of fused-ring (bicyclic) bond motifs is 2. The average molecular weight is 410 g/mol. The first-order valence-corrected chi connectivity index (χ1v) is 11.7. The predicted octanol–water partition coefficient (Wildman–Crippen LogP) is 7.46. The van der Waals surface area contributed by atoms with Gasteiger partial charge >= 0.3 is 0 Å². The molecule has 154 valence electrons. The number of rotatable bonds is 10. The van der Waals surface area contributed by atoms with Crippen molar-refractivity contribution in [2.75, 3.05) is 26.2 Å². The molecule has 1 fully saturated rings. The Morgan fingerprint density at radius 1 is 0.759 bits per heavy atom. The topological polar surface area (TPSA) is 12.5 Å². The second-order valence-electron chi connectivity index (χ2n) is 8.31. The Morgan fingerprint density at radius 3 is 2.34 bits per heavy atom. The van der Waals surface area contributed by atoms with Crippen LogP contribution in [0.5, 0.6) is 5.75 Å². The van der Waals surface area contributed by atoms with Gasteiger partial charge in [-0.2, -0.15) is 0 Å². The van der Waals surface area contributed by atoms with Crippen molar-refractivity contribution in [1.82, 2.24) is 4.90 Å². The third kappa shape index (κ3) is 5.43. The van der Waals surface area contributed by atoms with Crippen molar-refractivity contribution in [3.8, 4) is 5.75 Å². The third-order valence-corrected chi connectivity index (χ3v) is 6.32. The van der Waals surface area contributed by atoms with Crippen molar-refractivity contribution < 1.29 is 4.74 Å². The lowest BCUT2D eigenvalue weighted by Gasteiger charge is -2.14. The van der Waals surface area contributed by atoms with Crippen LogP contribution in [0.1, 0.15) is 51.4 Å². The van der Waals surface area contributed by atoms with E-state index < -0.39 is 0 Å². The second kappa shape index (κ2) is 10.3. The van der Waals surface area contributed by atoms with Crippen LogP contribution in [0.2, 0.25) is 5.02 Å². The summed E-state index contributed by atoms with van der Waals surface area (Å²) < 4.78 is 6.32. The Bertz CT molecular complexity index is 933. The van der Waals surface area contributed by atoms with Crippen molar-refractivity contribution >= 4 is 33.1 Å². The van der Waals surface area contributed by atoms with Crippen LogP contribution in [0, 0.1) is 0 Å². The quantitative estimate of drug-likeness (QED) is 0.254. The summed E-state index contributed by atoms with van der Waals surface area (Å²) in [7, 11) is 0. The molecule has 1 heterocycles. The van der Waals surface area contributed by atoms with Crippen LogP contribution in [0.25, 0.3) is 21.5 Å². The number of halogens is 1. The molecule has 3 heteroatoms. The van der Waals surface area contributed by atoms with E-state index in [0.29, 0.717) is 0 Å². The highest BCUT2D eigenvalue weighted by Gasteiger charge is 2.11. The molecule has 0 aliphatic carbocycles. The van der Waals surface area contributed by atoms with E-state index in [0.717, 1.165) is 34.6 Å². The van der Waals surface area contributed by atoms with Crippen LogP contribution in [-0.4, -0.2) is 31.1 Å². The molecular formula is C26H32ClNO. The summed E-state index contributed by atoms with van der Waals surface area (Å²) in [5, 5.41) is 5.45. The summed E-state index contributed by atoms with van der Waals surface area (Å²) in [6, 6.07) is 16.7. The van der Waals surface area contributed by atoms with Crippen molar-refractivity contribution in [1.29, 1.82) is 0 Å². The van der Waals surface area contributed by atoms with Crippen molar-refractivity contribution in [2.24, 2.45) is 0 Å². The Morgan fingerprint density at radius 2 is 1.48 bits per heavy atom. The number of likely N-dealkylation sites (tertiary alicyclic amines) is 1. The van der Waals surface area contributed by atoms with Gasteiger partial charge in [0.05, 0.1) is 6.61 Å². The van der Waals surface area contributed by atoms with Gasteiger partial charge in [0.1, 0.15) is 5.75 Å². The first kappa shape index (κ1) is 20.5. The van der Waals surface area contributed by atoms with E-state index in [-0.39, 0.29) is 0 Å². The maximum Gasteiger partial charge on any atom is 0.134 e. The normalized spacial score (nSPS) is 14.8. The van der Waals surface area contributed by atoms with Gasteiger partial charge < -0.3 is 9.64 Å². The zero-order valence-electron chi connectivity index (χ0n) is 17.3. The molecule has 4 rings (SSSR count). The molecule has 3 aromatic rings. The summed E-state index contributed by atoms with van der Waals surface area (Å²) in [5.74, 6) is 1.00. The third-order valence-electron chi connectivity index (χ3n) is 6.09. The molecule has 29 heavy (non-hydrogen) atoms. The fraction of sp³-hybridized carbons (Fsp3) is 0.462. The van der Waals surface area contributed by atoms with Gasteiger partial charge in [0.15, 0.2) is 0 Å². The van der Waals surface area contributed by atoms with Crippen molar-refractivity contribution in [3.05, 3.63) is 53.6 Å². The summed E-state index contributed by atoms with van der Waals surface area (Å²) in [6.45, 7) is 4.74. The largest absolute Gasteiger partial charge is 0.492 e. The van der Waals surface area contributed by atoms with E-state index in [1.807, 2.05) is 12.1 Å². The zero-order chi connectivity index (χ0) is 19.9. The highest BCUT2D eigenvalue weighted by atomic mass is 35.5. The minimum Gasteiger partial charge on any atom is -0.492 e. The first-order valence-electron chi connectivity index (χ1n) is 11.3.